The Morgan fingerprint density at radius 3 is 2.75 bits per heavy atom. The molecule has 0 saturated heterocycles. The van der Waals surface area contributed by atoms with Gasteiger partial charge in [-0.25, -0.2) is 4.39 Å². The second-order valence-electron chi connectivity index (χ2n) is 4.94. The van der Waals surface area contributed by atoms with Crippen LogP contribution in [0.2, 0.25) is 0 Å². The summed E-state index contributed by atoms with van der Waals surface area (Å²) in [6.07, 6.45) is 4.06. The summed E-state index contributed by atoms with van der Waals surface area (Å²) >= 11 is 0. The molecule has 1 aliphatic carbocycles. The maximum Gasteiger partial charge on any atom is 0.126 e. The Morgan fingerprint density at radius 1 is 1.44 bits per heavy atom. The van der Waals surface area contributed by atoms with Crippen molar-refractivity contribution in [3.05, 3.63) is 35.1 Å². The molecule has 0 radical (unpaired) electrons. The number of benzene rings is 1. The Bertz CT molecular complexity index is 358. The Balaban J connectivity index is 1.86. The standard InChI is InChI=1S/C14H20FN/c1-10-6-7-12(8-14(10)15)9-16-11(2)13-4-3-5-13/h6-8,11,13,16H,3-5,9H2,1-2H3. The predicted octanol–water partition coefficient (Wildman–Crippen LogP) is 3.41. The Kier molecular flexibility index (Phi) is 3.59. The number of aryl methyl sites for hydroxylation is 1. The summed E-state index contributed by atoms with van der Waals surface area (Å²) in [5.74, 6) is 0.728. The van der Waals surface area contributed by atoms with Gasteiger partial charge in [-0.15, -0.1) is 0 Å². The minimum absolute atomic E-state index is 0.101. The van der Waals surface area contributed by atoms with E-state index in [4.69, 9.17) is 0 Å². The number of nitrogens with one attached hydrogen (secondary N) is 1. The van der Waals surface area contributed by atoms with Gasteiger partial charge in [-0.2, -0.15) is 0 Å². The van der Waals surface area contributed by atoms with Gasteiger partial charge in [-0.1, -0.05) is 18.6 Å². The van der Waals surface area contributed by atoms with Gasteiger partial charge in [0.25, 0.3) is 0 Å². The summed E-state index contributed by atoms with van der Waals surface area (Å²) < 4.78 is 13.3. The molecule has 1 aromatic carbocycles. The van der Waals surface area contributed by atoms with Gasteiger partial charge in [-0.3, -0.25) is 0 Å². The normalized spacial score (nSPS) is 18.2. The molecule has 1 unspecified atom stereocenters. The molecule has 1 N–H and O–H groups in total. The monoisotopic (exact) mass is 221 g/mol. The van der Waals surface area contributed by atoms with Gasteiger partial charge in [0.2, 0.25) is 0 Å². The molecule has 2 rings (SSSR count). The third-order valence-electron chi connectivity index (χ3n) is 3.72. The average molecular weight is 221 g/mol. The molecule has 1 aromatic rings. The van der Waals surface area contributed by atoms with Crippen LogP contribution in [0.15, 0.2) is 18.2 Å². The van der Waals surface area contributed by atoms with Crippen molar-refractivity contribution in [1.82, 2.24) is 5.32 Å². The van der Waals surface area contributed by atoms with Crippen LogP contribution in [0.3, 0.4) is 0 Å². The average Bonchev–Trinajstić information content (AvgIpc) is 2.17. The fourth-order valence-electron chi connectivity index (χ4n) is 2.13. The molecule has 0 heterocycles. The minimum Gasteiger partial charge on any atom is -0.310 e. The quantitative estimate of drug-likeness (QED) is 0.821. The lowest BCUT2D eigenvalue weighted by atomic mass is 9.80. The molecular formula is C14H20FN. The van der Waals surface area contributed by atoms with Crippen LogP contribution in [-0.2, 0) is 6.54 Å². The van der Waals surface area contributed by atoms with Crippen LogP contribution >= 0.6 is 0 Å². The first kappa shape index (κ1) is 11.6. The lowest BCUT2D eigenvalue weighted by molar-refractivity contribution is 0.240. The van der Waals surface area contributed by atoms with E-state index in [2.05, 4.69) is 12.2 Å². The molecule has 1 saturated carbocycles. The molecule has 88 valence electrons. The zero-order chi connectivity index (χ0) is 11.5. The van der Waals surface area contributed by atoms with Crippen molar-refractivity contribution < 1.29 is 4.39 Å². The van der Waals surface area contributed by atoms with Gasteiger partial charge in [0.05, 0.1) is 0 Å². The molecule has 16 heavy (non-hydrogen) atoms. The van der Waals surface area contributed by atoms with Gasteiger partial charge in [-0.05, 0) is 49.8 Å². The highest BCUT2D eigenvalue weighted by atomic mass is 19.1. The van der Waals surface area contributed by atoms with Crippen LogP contribution in [-0.4, -0.2) is 6.04 Å². The fourth-order valence-corrected chi connectivity index (χ4v) is 2.13. The predicted molar refractivity (Wildman–Crippen MR) is 64.8 cm³/mol. The van der Waals surface area contributed by atoms with E-state index in [1.54, 1.807) is 13.0 Å². The molecule has 0 amide bonds. The fraction of sp³-hybridized carbons (Fsp3) is 0.571. The zero-order valence-corrected chi connectivity index (χ0v) is 10.1. The summed E-state index contributed by atoms with van der Waals surface area (Å²) in [5.41, 5.74) is 1.75. The number of halogens is 1. The SMILES string of the molecule is Cc1ccc(CNC(C)C2CCC2)cc1F. The molecule has 1 atom stereocenters. The van der Waals surface area contributed by atoms with E-state index in [0.717, 1.165) is 23.6 Å². The van der Waals surface area contributed by atoms with Gasteiger partial charge < -0.3 is 5.32 Å². The summed E-state index contributed by atoms with van der Waals surface area (Å²) in [6, 6.07) is 6.04. The largest absolute Gasteiger partial charge is 0.310 e. The second-order valence-corrected chi connectivity index (χ2v) is 4.94. The van der Waals surface area contributed by atoms with Crippen molar-refractivity contribution >= 4 is 0 Å². The first-order chi connectivity index (χ1) is 7.66. The molecule has 1 nitrogen and oxygen atoms in total. The lowest BCUT2D eigenvalue weighted by Gasteiger charge is -2.32. The lowest BCUT2D eigenvalue weighted by Crippen LogP contribution is -2.36. The zero-order valence-electron chi connectivity index (χ0n) is 10.1. The van der Waals surface area contributed by atoms with Crippen molar-refractivity contribution in [2.24, 2.45) is 5.92 Å². The smallest absolute Gasteiger partial charge is 0.126 e. The number of hydrogen-bond donors (Lipinski definition) is 1. The maximum absolute atomic E-state index is 13.3. The summed E-state index contributed by atoms with van der Waals surface area (Å²) in [4.78, 5) is 0. The van der Waals surface area contributed by atoms with Gasteiger partial charge in [0.15, 0.2) is 0 Å². The van der Waals surface area contributed by atoms with Gasteiger partial charge >= 0.3 is 0 Å². The Morgan fingerprint density at radius 2 is 2.19 bits per heavy atom. The van der Waals surface area contributed by atoms with Gasteiger partial charge in [0.1, 0.15) is 5.82 Å². The topological polar surface area (TPSA) is 12.0 Å². The van der Waals surface area contributed by atoms with Crippen molar-refractivity contribution in [2.45, 2.75) is 45.7 Å². The molecular weight excluding hydrogens is 201 g/mol. The van der Waals surface area contributed by atoms with E-state index in [1.165, 1.54) is 19.3 Å². The molecule has 0 spiro atoms. The molecule has 0 aromatic heterocycles. The third-order valence-corrected chi connectivity index (χ3v) is 3.72. The Hall–Kier alpha value is -0.890. The van der Waals surface area contributed by atoms with E-state index in [-0.39, 0.29) is 5.82 Å². The van der Waals surface area contributed by atoms with Crippen LogP contribution in [0.25, 0.3) is 0 Å². The highest BCUT2D eigenvalue weighted by molar-refractivity contribution is 5.23. The molecule has 2 heteroatoms. The van der Waals surface area contributed by atoms with E-state index in [0.29, 0.717) is 6.04 Å². The van der Waals surface area contributed by atoms with E-state index >= 15 is 0 Å². The van der Waals surface area contributed by atoms with E-state index in [9.17, 15) is 4.39 Å². The van der Waals surface area contributed by atoms with Crippen LogP contribution in [0.1, 0.15) is 37.3 Å². The van der Waals surface area contributed by atoms with Crippen molar-refractivity contribution in [3.63, 3.8) is 0 Å². The minimum atomic E-state index is -0.101. The Labute approximate surface area is 97.1 Å². The van der Waals surface area contributed by atoms with Crippen molar-refractivity contribution in [1.29, 1.82) is 0 Å². The van der Waals surface area contributed by atoms with Crippen LogP contribution < -0.4 is 5.32 Å². The highest BCUT2D eigenvalue weighted by Gasteiger charge is 2.23. The molecule has 0 aliphatic heterocycles. The van der Waals surface area contributed by atoms with Crippen LogP contribution in [0, 0.1) is 18.7 Å². The first-order valence-corrected chi connectivity index (χ1v) is 6.15. The summed E-state index contributed by atoms with van der Waals surface area (Å²) in [7, 11) is 0. The van der Waals surface area contributed by atoms with E-state index in [1.807, 2.05) is 12.1 Å². The maximum atomic E-state index is 13.3. The summed E-state index contributed by atoms with van der Waals surface area (Å²) in [5, 5.41) is 3.48. The second kappa shape index (κ2) is 4.96. The number of rotatable bonds is 4. The summed E-state index contributed by atoms with van der Waals surface area (Å²) in [6.45, 7) is 4.80. The molecule has 0 bridgehead atoms. The van der Waals surface area contributed by atoms with Crippen LogP contribution in [0.4, 0.5) is 4.39 Å². The van der Waals surface area contributed by atoms with Crippen LogP contribution in [0.5, 0.6) is 0 Å². The van der Waals surface area contributed by atoms with Gasteiger partial charge in [0, 0.05) is 12.6 Å². The molecule has 1 fully saturated rings. The molecule has 1 aliphatic rings. The van der Waals surface area contributed by atoms with Crippen molar-refractivity contribution in [2.75, 3.05) is 0 Å². The third kappa shape index (κ3) is 2.62. The first-order valence-electron chi connectivity index (χ1n) is 6.15. The van der Waals surface area contributed by atoms with Crippen molar-refractivity contribution in [3.8, 4) is 0 Å². The number of hydrogen-bond acceptors (Lipinski definition) is 1. The van der Waals surface area contributed by atoms with E-state index < -0.39 is 0 Å². The highest BCUT2D eigenvalue weighted by Crippen LogP contribution is 2.29.